The summed E-state index contributed by atoms with van der Waals surface area (Å²) in [7, 11) is 1.77. The molecule has 3 rings (SSSR count). The number of halogens is 2. The van der Waals surface area contributed by atoms with E-state index in [0.29, 0.717) is 6.61 Å². The molecule has 3 nitrogen and oxygen atoms in total. The van der Waals surface area contributed by atoms with E-state index in [0.717, 1.165) is 13.0 Å². The maximum absolute atomic E-state index is 5.32. The molecule has 0 unspecified atom stereocenters. The van der Waals surface area contributed by atoms with Crippen molar-refractivity contribution in [2.75, 3.05) is 46.4 Å². The summed E-state index contributed by atoms with van der Waals surface area (Å²) in [5, 5.41) is 0. The summed E-state index contributed by atoms with van der Waals surface area (Å²) in [6.07, 6.45) is 3.57. The molecule has 1 heterocycles. The lowest BCUT2D eigenvalue weighted by atomic mass is 10.0. The first-order valence-electron chi connectivity index (χ1n) is 9.89. The molecule has 0 atom stereocenters. The Morgan fingerprint density at radius 1 is 0.714 bits per heavy atom. The Kier molecular flexibility index (Phi) is 12.4. The molecule has 0 spiro atoms. The number of rotatable bonds is 9. The second-order valence-corrected chi connectivity index (χ2v) is 7.22. The highest BCUT2D eigenvalue weighted by Crippen LogP contribution is 2.12. The third kappa shape index (κ3) is 8.10. The summed E-state index contributed by atoms with van der Waals surface area (Å²) in [5.41, 5.74) is 4.22. The van der Waals surface area contributed by atoms with Gasteiger partial charge < -0.3 is 14.5 Å². The van der Waals surface area contributed by atoms with E-state index in [4.69, 9.17) is 4.74 Å². The van der Waals surface area contributed by atoms with Crippen LogP contribution in [0.25, 0.3) is 0 Å². The molecule has 28 heavy (non-hydrogen) atoms. The molecule has 0 amide bonds. The summed E-state index contributed by atoms with van der Waals surface area (Å²) in [6.45, 7) is 7.88. The van der Waals surface area contributed by atoms with E-state index in [1.807, 2.05) is 0 Å². The second kappa shape index (κ2) is 14.0. The van der Waals surface area contributed by atoms with Gasteiger partial charge in [-0.3, -0.25) is 0 Å². The van der Waals surface area contributed by atoms with Crippen LogP contribution in [0.4, 0.5) is 0 Å². The molecule has 1 fully saturated rings. The molecule has 0 aromatic heterocycles. The quantitative estimate of drug-likeness (QED) is 0.590. The SMILES string of the molecule is COCc1ccccc1CCN1CCN(CCCc2ccccc2)CC1.Cl.Cl. The largest absolute Gasteiger partial charge is 0.380 e. The minimum Gasteiger partial charge on any atom is -0.380 e. The van der Waals surface area contributed by atoms with Crippen LogP contribution in [-0.2, 0) is 24.2 Å². The van der Waals surface area contributed by atoms with Gasteiger partial charge in [-0.25, -0.2) is 0 Å². The number of benzene rings is 2. The number of methoxy groups -OCH3 is 1. The molecule has 5 heteroatoms. The van der Waals surface area contributed by atoms with Crippen LogP contribution in [-0.4, -0.2) is 56.2 Å². The van der Waals surface area contributed by atoms with Gasteiger partial charge in [-0.2, -0.15) is 0 Å². The molecule has 2 aromatic carbocycles. The van der Waals surface area contributed by atoms with E-state index in [2.05, 4.69) is 64.4 Å². The van der Waals surface area contributed by atoms with E-state index in [1.165, 1.54) is 62.3 Å². The number of hydrogen-bond donors (Lipinski definition) is 0. The Bertz CT molecular complexity index is 646. The zero-order chi connectivity index (χ0) is 18.0. The van der Waals surface area contributed by atoms with E-state index in [9.17, 15) is 0 Å². The zero-order valence-electron chi connectivity index (χ0n) is 16.9. The lowest BCUT2D eigenvalue weighted by molar-refractivity contribution is 0.132. The van der Waals surface area contributed by atoms with Gasteiger partial charge in [0, 0.05) is 39.8 Å². The Morgan fingerprint density at radius 3 is 1.93 bits per heavy atom. The second-order valence-electron chi connectivity index (χ2n) is 7.22. The van der Waals surface area contributed by atoms with Gasteiger partial charge >= 0.3 is 0 Å². The first kappa shape index (κ1) is 24.9. The number of hydrogen-bond acceptors (Lipinski definition) is 3. The molecule has 1 aliphatic heterocycles. The van der Waals surface area contributed by atoms with Gasteiger partial charge in [0.1, 0.15) is 0 Å². The number of nitrogens with zero attached hydrogens (tertiary/aromatic N) is 2. The summed E-state index contributed by atoms with van der Waals surface area (Å²) < 4.78 is 5.32. The minimum absolute atomic E-state index is 0. The molecule has 0 aliphatic carbocycles. The predicted molar refractivity (Wildman–Crippen MR) is 123 cm³/mol. The van der Waals surface area contributed by atoms with Crippen LogP contribution in [0.15, 0.2) is 54.6 Å². The zero-order valence-corrected chi connectivity index (χ0v) is 18.5. The van der Waals surface area contributed by atoms with Gasteiger partial charge in [0.2, 0.25) is 0 Å². The molecule has 2 aromatic rings. The topological polar surface area (TPSA) is 15.7 Å². The highest BCUT2D eigenvalue weighted by atomic mass is 35.5. The van der Waals surface area contributed by atoms with Gasteiger partial charge in [-0.05, 0) is 42.5 Å². The van der Waals surface area contributed by atoms with Gasteiger partial charge in [-0.1, -0.05) is 54.6 Å². The standard InChI is InChI=1S/C23H32N2O.2ClH/c1-26-20-23-12-6-5-11-22(23)13-15-25-18-16-24(17-19-25)14-7-10-21-8-3-2-4-9-21;;/h2-6,8-9,11-12H,7,10,13-20H2,1H3;2*1H. The van der Waals surface area contributed by atoms with Gasteiger partial charge in [0.05, 0.1) is 6.61 Å². The maximum Gasteiger partial charge on any atom is 0.0715 e. The average Bonchev–Trinajstić information content (AvgIpc) is 2.69. The van der Waals surface area contributed by atoms with Crippen LogP contribution in [0.3, 0.4) is 0 Å². The monoisotopic (exact) mass is 424 g/mol. The van der Waals surface area contributed by atoms with Gasteiger partial charge in [-0.15, -0.1) is 24.8 Å². The summed E-state index contributed by atoms with van der Waals surface area (Å²) in [4.78, 5) is 5.23. The van der Waals surface area contributed by atoms with Gasteiger partial charge in [0.25, 0.3) is 0 Å². The van der Waals surface area contributed by atoms with E-state index in [1.54, 1.807) is 7.11 Å². The minimum atomic E-state index is 0. The Hall–Kier alpha value is -1.10. The van der Waals surface area contributed by atoms with Crippen molar-refractivity contribution in [3.8, 4) is 0 Å². The van der Waals surface area contributed by atoms with Crippen molar-refractivity contribution in [2.45, 2.75) is 25.9 Å². The fraction of sp³-hybridized carbons (Fsp3) is 0.478. The van der Waals surface area contributed by atoms with Crippen molar-refractivity contribution in [1.82, 2.24) is 9.80 Å². The molecule has 156 valence electrons. The molecule has 0 saturated carbocycles. The van der Waals surface area contributed by atoms with Crippen molar-refractivity contribution < 1.29 is 4.74 Å². The summed E-state index contributed by atoms with van der Waals surface area (Å²) in [5.74, 6) is 0. The third-order valence-corrected chi connectivity index (χ3v) is 5.36. The number of ether oxygens (including phenoxy) is 1. The molecule has 0 radical (unpaired) electrons. The van der Waals surface area contributed by atoms with E-state index >= 15 is 0 Å². The summed E-state index contributed by atoms with van der Waals surface area (Å²) >= 11 is 0. The fourth-order valence-electron chi connectivity index (χ4n) is 3.76. The Morgan fingerprint density at radius 2 is 1.29 bits per heavy atom. The normalized spacial score (nSPS) is 14.9. The fourth-order valence-corrected chi connectivity index (χ4v) is 3.76. The lowest BCUT2D eigenvalue weighted by Gasteiger charge is -2.34. The number of piperazine rings is 1. The van der Waals surface area contributed by atoms with E-state index < -0.39 is 0 Å². The summed E-state index contributed by atoms with van der Waals surface area (Å²) in [6, 6.07) is 19.5. The van der Waals surface area contributed by atoms with E-state index in [-0.39, 0.29) is 24.8 Å². The molecular formula is C23H34Cl2N2O. The smallest absolute Gasteiger partial charge is 0.0715 e. The molecule has 0 bridgehead atoms. The molecule has 0 N–H and O–H groups in total. The van der Waals surface area contributed by atoms with Gasteiger partial charge in [0.15, 0.2) is 0 Å². The van der Waals surface area contributed by atoms with Crippen LogP contribution in [0.2, 0.25) is 0 Å². The van der Waals surface area contributed by atoms with Crippen LogP contribution >= 0.6 is 24.8 Å². The van der Waals surface area contributed by atoms with Crippen LogP contribution in [0.1, 0.15) is 23.1 Å². The van der Waals surface area contributed by atoms with Crippen LogP contribution in [0, 0.1) is 0 Å². The Labute approximate surface area is 182 Å². The van der Waals surface area contributed by atoms with Crippen molar-refractivity contribution >= 4 is 24.8 Å². The van der Waals surface area contributed by atoms with Crippen molar-refractivity contribution in [1.29, 1.82) is 0 Å². The maximum atomic E-state index is 5.32. The third-order valence-electron chi connectivity index (χ3n) is 5.36. The molecule has 1 aliphatic rings. The first-order chi connectivity index (χ1) is 12.8. The van der Waals surface area contributed by atoms with Crippen LogP contribution < -0.4 is 0 Å². The lowest BCUT2D eigenvalue weighted by Crippen LogP contribution is -2.47. The number of aryl methyl sites for hydroxylation is 1. The van der Waals surface area contributed by atoms with Crippen molar-refractivity contribution in [3.63, 3.8) is 0 Å². The molecular weight excluding hydrogens is 391 g/mol. The van der Waals surface area contributed by atoms with Crippen LogP contribution in [0.5, 0.6) is 0 Å². The highest BCUT2D eigenvalue weighted by molar-refractivity contribution is 5.85. The highest BCUT2D eigenvalue weighted by Gasteiger charge is 2.16. The first-order valence-corrected chi connectivity index (χ1v) is 9.89. The Balaban J connectivity index is 0.00000196. The molecule has 1 saturated heterocycles. The average molecular weight is 425 g/mol. The van der Waals surface area contributed by atoms with Crippen molar-refractivity contribution in [2.24, 2.45) is 0 Å². The predicted octanol–water partition coefficient (Wildman–Crippen LogP) is 4.47. The van der Waals surface area contributed by atoms with Crippen molar-refractivity contribution in [3.05, 3.63) is 71.3 Å².